The van der Waals surface area contributed by atoms with Crippen molar-refractivity contribution in [2.75, 3.05) is 6.54 Å². The molecule has 1 aromatic carbocycles. The van der Waals surface area contributed by atoms with Crippen LogP contribution in [0.3, 0.4) is 0 Å². The SMILES string of the molecule is O=C(NCC(O)c1ccc(F)cc1)C(F)(F)F. The smallest absolute Gasteiger partial charge is 0.387 e. The Labute approximate surface area is 94.1 Å². The minimum absolute atomic E-state index is 0.217. The van der Waals surface area contributed by atoms with E-state index in [-0.39, 0.29) is 5.56 Å². The fraction of sp³-hybridized carbons (Fsp3) is 0.300. The van der Waals surface area contributed by atoms with E-state index in [1.165, 1.54) is 17.4 Å². The van der Waals surface area contributed by atoms with E-state index in [0.717, 1.165) is 12.1 Å². The number of hydrogen-bond donors (Lipinski definition) is 2. The third-order valence-corrected chi connectivity index (χ3v) is 1.97. The maximum atomic E-state index is 12.5. The number of rotatable bonds is 3. The first-order valence-electron chi connectivity index (χ1n) is 4.59. The molecule has 1 amide bonds. The highest BCUT2D eigenvalue weighted by Gasteiger charge is 2.38. The van der Waals surface area contributed by atoms with Crippen molar-refractivity contribution < 1.29 is 27.5 Å². The first kappa shape index (κ1) is 13.4. The molecule has 1 aromatic rings. The number of hydrogen-bond acceptors (Lipinski definition) is 2. The van der Waals surface area contributed by atoms with Gasteiger partial charge in [-0.1, -0.05) is 12.1 Å². The van der Waals surface area contributed by atoms with Crippen LogP contribution < -0.4 is 5.32 Å². The van der Waals surface area contributed by atoms with Crippen molar-refractivity contribution in [2.45, 2.75) is 12.3 Å². The summed E-state index contributed by atoms with van der Waals surface area (Å²) in [5, 5.41) is 10.9. The molecule has 7 heteroatoms. The molecule has 0 fully saturated rings. The molecule has 2 N–H and O–H groups in total. The van der Waals surface area contributed by atoms with Crippen LogP contribution in [0.15, 0.2) is 24.3 Å². The highest BCUT2D eigenvalue weighted by molar-refractivity contribution is 5.81. The van der Waals surface area contributed by atoms with Gasteiger partial charge in [-0.05, 0) is 17.7 Å². The van der Waals surface area contributed by atoms with Crippen LogP contribution in [0, 0.1) is 5.82 Å². The maximum absolute atomic E-state index is 12.5. The van der Waals surface area contributed by atoms with E-state index in [1.807, 2.05) is 0 Å². The molecule has 1 unspecified atom stereocenters. The van der Waals surface area contributed by atoms with E-state index in [2.05, 4.69) is 0 Å². The molecular weight excluding hydrogens is 242 g/mol. The van der Waals surface area contributed by atoms with Crippen LogP contribution in [0.5, 0.6) is 0 Å². The van der Waals surface area contributed by atoms with Gasteiger partial charge in [0.1, 0.15) is 5.82 Å². The van der Waals surface area contributed by atoms with Gasteiger partial charge in [-0.25, -0.2) is 4.39 Å². The molecule has 17 heavy (non-hydrogen) atoms. The summed E-state index contributed by atoms with van der Waals surface area (Å²) in [5.74, 6) is -2.65. The van der Waals surface area contributed by atoms with Crippen molar-refractivity contribution >= 4 is 5.91 Å². The van der Waals surface area contributed by atoms with Crippen LogP contribution >= 0.6 is 0 Å². The summed E-state index contributed by atoms with van der Waals surface area (Å²) in [6.45, 7) is -0.593. The van der Waals surface area contributed by atoms with E-state index >= 15 is 0 Å². The van der Waals surface area contributed by atoms with Gasteiger partial charge in [0.2, 0.25) is 0 Å². The molecule has 0 saturated carbocycles. The molecule has 0 aliphatic rings. The maximum Gasteiger partial charge on any atom is 0.471 e. The first-order chi connectivity index (χ1) is 7.80. The Morgan fingerprint density at radius 2 is 1.82 bits per heavy atom. The van der Waals surface area contributed by atoms with Crippen molar-refractivity contribution in [3.63, 3.8) is 0 Å². The lowest BCUT2D eigenvalue weighted by atomic mass is 10.1. The van der Waals surface area contributed by atoms with Gasteiger partial charge in [-0.3, -0.25) is 4.79 Å². The average molecular weight is 251 g/mol. The highest BCUT2D eigenvalue weighted by Crippen LogP contribution is 2.16. The molecule has 3 nitrogen and oxygen atoms in total. The summed E-state index contributed by atoms with van der Waals surface area (Å²) >= 11 is 0. The molecule has 0 bridgehead atoms. The van der Waals surface area contributed by atoms with E-state index < -0.39 is 30.5 Å². The third-order valence-electron chi connectivity index (χ3n) is 1.97. The highest BCUT2D eigenvalue weighted by atomic mass is 19.4. The van der Waals surface area contributed by atoms with Crippen LogP contribution in [-0.2, 0) is 4.79 Å². The lowest BCUT2D eigenvalue weighted by Crippen LogP contribution is -2.38. The molecule has 94 valence electrons. The van der Waals surface area contributed by atoms with Crippen LogP contribution in [0.4, 0.5) is 17.6 Å². The summed E-state index contributed by atoms with van der Waals surface area (Å²) in [5.41, 5.74) is 0.217. The molecule has 0 saturated heterocycles. The summed E-state index contributed by atoms with van der Waals surface area (Å²) in [6, 6.07) is 4.56. The Balaban J connectivity index is 2.53. The van der Waals surface area contributed by atoms with Crippen molar-refractivity contribution in [1.29, 1.82) is 0 Å². The zero-order chi connectivity index (χ0) is 13.1. The number of nitrogens with one attached hydrogen (secondary N) is 1. The van der Waals surface area contributed by atoms with E-state index in [1.54, 1.807) is 0 Å². The summed E-state index contributed by atoms with van der Waals surface area (Å²) in [7, 11) is 0. The quantitative estimate of drug-likeness (QED) is 0.800. The van der Waals surface area contributed by atoms with Gasteiger partial charge >= 0.3 is 12.1 Å². The Kier molecular flexibility index (Phi) is 4.06. The Hall–Kier alpha value is -1.63. The number of benzene rings is 1. The van der Waals surface area contributed by atoms with Crippen LogP contribution in [0.25, 0.3) is 0 Å². The van der Waals surface area contributed by atoms with Crippen molar-refractivity contribution in [1.82, 2.24) is 5.32 Å². The second kappa shape index (κ2) is 5.13. The Morgan fingerprint density at radius 1 is 1.29 bits per heavy atom. The zero-order valence-corrected chi connectivity index (χ0v) is 8.46. The van der Waals surface area contributed by atoms with Crippen molar-refractivity contribution in [3.8, 4) is 0 Å². The van der Waals surface area contributed by atoms with E-state index in [9.17, 15) is 27.5 Å². The molecule has 0 radical (unpaired) electrons. The first-order valence-corrected chi connectivity index (χ1v) is 4.59. The Bertz CT molecular complexity index is 388. The third kappa shape index (κ3) is 4.03. The van der Waals surface area contributed by atoms with Crippen molar-refractivity contribution in [3.05, 3.63) is 35.6 Å². The largest absolute Gasteiger partial charge is 0.471 e. The van der Waals surface area contributed by atoms with Gasteiger partial charge in [0, 0.05) is 6.54 Å². The molecule has 0 spiro atoms. The Morgan fingerprint density at radius 3 is 2.29 bits per heavy atom. The lowest BCUT2D eigenvalue weighted by Gasteiger charge is -2.13. The number of alkyl halides is 3. The predicted molar refractivity (Wildman–Crippen MR) is 50.4 cm³/mol. The lowest BCUT2D eigenvalue weighted by molar-refractivity contribution is -0.174. The second-order valence-corrected chi connectivity index (χ2v) is 3.28. The number of amides is 1. The number of aliphatic hydroxyl groups is 1. The predicted octanol–water partition coefficient (Wildman–Crippen LogP) is 1.54. The molecule has 1 atom stereocenters. The van der Waals surface area contributed by atoms with Gasteiger partial charge in [0.05, 0.1) is 6.10 Å². The molecule has 0 aromatic heterocycles. The summed E-state index contributed by atoms with van der Waals surface area (Å²) in [4.78, 5) is 10.4. The normalized spacial score (nSPS) is 13.2. The van der Waals surface area contributed by atoms with E-state index in [0.29, 0.717) is 0 Å². The molecule has 0 aliphatic heterocycles. The van der Waals surface area contributed by atoms with Gasteiger partial charge < -0.3 is 10.4 Å². The molecule has 1 rings (SSSR count). The number of carbonyl (C=O) groups excluding carboxylic acids is 1. The average Bonchev–Trinajstić information content (AvgIpc) is 2.25. The topological polar surface area (TPSA) is 49.3 Å². The van der Waals surface area contributed by atoms with Crippen LogP contribution in [0.1, 0.15) is 11.7 Å². The molecule has 0 heterocycles. The summed E-state index contributed by atoms with van der Waals surface area (Å²) in [6.07, 6.45) is -6.30. The van der Waals surface area contributed by atoms with Crippen LogP contribution in [0.2, 0.25) is 0 Å². The fourth-order valence-electron chi connectivity index (χ4n) is 1.09. The van der Waals surface area contributed by atoms with Gasteiger partial charge in [-0.2, -0.15) is 13.2 Å². The number of carbonyl (C=O) groups is 1. The van der Waals surface area contributed by atoms with E-state index in [4.69, 9.17) is 0 Å². The minimum atomic E-state index is -4.98. The van der Waals surface area contributed by atoms with Crippen molar-refractivity contribution in [2.24, 2.45) is 0 Å². The number of aliphatic hydroxyl groups excluding tert-OH is 1. The van der Waals surface area contributed by atoms with Gasteiger partial charge in [-0.15, -0.1) is 0 Å². The molecule has 0 aliphatic carbocycles. The monoisotopic (exact) mass is 251 g/mol. The second-order valence-electron chi connectivity index (χ2n) is 3.28. The zero-order valence-electron chi connectivity index (χ0n) is 8.46. The molecular formula is C10H9F4NO2. The number of halogens is 4. The standard InChI is InChI=1S/C10H9F4NO2/c11-7-3-1-6(2-4-7)8(16)5-15-9(17)10(12,13)14/h1-4,8,16H,5H2,(H,15,17). The minimum Gasteiger partial charge on any atom is -0.387 e. The summed E-state index contributed by atoms with van der Waals surface area (Å²) < 4.78 is 48.0. The van der Waals surface area contributed by atoms with Crippen LogP contribution in [-0.4, -0.2) is 23.7 Å². The van der Waals surface area contributed by atoms with Gasteiger partial charge in [0.15, 0.2) is 0 Å². The fourth-order valence-corrected chi connectivity index (χ4v) is 1.09. The van der Waals surface area contributed by atoms with Gasteiger partial charge in [0.25, 0.3) is 0 Å².